The van der Waals surface area contributed by atoms with Crippen molar-refractivity contribution in [2.75, 3.05) is 10.6 Å². The molecular formula is C22H21N7O3. The molecule has 5 rings (SSSR count). The molecule has 1 unspecified atom stereocenters. The molecule has 162 valence electrons. The van der Waals surface area contributed by atoms with Crippen LogP contribution in [0, 0.1) is 5.92 Å². The molecule has 2 amide bonds. The number of pyridine rings is 1. The molecule has 3 heterocycles. The number of rotatable bonds is 7. The summed E-state index contributed by atoms with van der Waals surface area (Å²) < 4.78 is 5.89. The Labute approximate surface area is 182 Å². The number of anilines is 2. The van der Waals surface area contributed by atoms with Gasteiger partial charge in [-0.15, -0.1) is 0 Å². The largest absolute Gasteiger partial charge is 0.489 e. The molecule has 0 bridgehead atoms. The van der Waals surface area contributed by atoms with E-state index in [2.05, 4.69) is 35.6 Å². The number of carbonyl (C=O) groups excluding carboxylic acids is 2. The summed E-state index contributed by atoms with van der Waals surface area (Å²) in [6.07, 6.45) is 8.65. The van der Waals surface area contributed by atoms with E-state index in [1.807, 2.05) is 6.92 Å². The van der Waals surface area contributed by atoms with Crippen molar-refractivity contribution in [1.82, 2.24) is 24.9 Å². The Morgan fingerprint density at radius 1 is 1.16 bits per heavy atom. The number of nitrogens with one attached hydrogen (secondary N) is 4. The van der Waals surface area contributed by atoms with Crippen LogP contribution in [-0.4, -0.2) is 42.8 Å². The number of nitrogens with zero attached hydrogens (tertiary/aromatic N) is 3. The van der Waals surface area contributed by atoms with Crippen LogP contribution in [0.3, 0.4) is 0 Å². The van der Waals surface area contributed by atoms with Gasteiger partial charge in [-0.3, -0.25) is 25.2 Å². The van der Waals surface area contributed by atoms with Gasteiger partial charge in [0.25, 0.3) is 11.8 Å². The predicted octanol–water partition coefficient (Wildman–Crippen LogP) is 3.36. The van der Waals surface area contributed by atoms with E-state index in [4.69, 9.17) is 4.74 Å². The Bertz CT molecular complexity index is 1280. The molecule has 0 saturated heterocycles. The van der Waals surface area contributed by atoms with Gasteiger partial charge in [-0.1, -0.05) is 6.07 Å². The zero-order chi connectivity index (χ0) is 22.1. The summed E-state index contributed by atoms with van der Waals surface area (Å²) in [5.74, 6) is 0.930. The Balaban J connectivity index is 1.33. The van der Waals surface area contributed by atoms with Crippen LogP contribution in [-0.2, 0) is 0 Å². The molecular weight excluding hydrogens is 410 g/mol. The fourth-order valence-electron chi connectivity index (χ4n) is 3.45. The summed E-state index contributed by atoms with van der Waals surface area (Å²) in [5, 5.41) is 5.39. The van der Waals surface area contributed by atoms with Crippen molar-refractivity contribution in [3.8, 4) is 5.75 Å². The molecule has 3 aromatic heterocycles. The average Bonchev–Trinajstić information content (AvgIpc) is 3.37. The van der Waals surface area contributed by atoms with Gasteiger partial charge in [-0.05, 0) is 43.9 Å². The van der Waals surface area contributed by atoms with Gasteiger partial charge in [0.05, 0.1) is 28.9 Å². The highest BCUT2D eigenvalue weighted by Crippen LogP contribution is 2.34. The third kappa shape index (κ3) is 4.15. The molecule has 1 atom stereocenters. The summed E-state index contributed by atoms with van der Waals surface area (Å²) in [7, 11) is 0. The Morgan fingerprint density at radius 2 is 2.00 bits per heavy atom. The first-order chi connectivity index (χ1) is 15.6. The van der Waals surface area contributed by atoms with Crippen molar-refractivity contribution in [3.05, 3.63) is 60.2 Å². The van der Waals surface area contributed by atoms with Crippen molar-refractivity contribution in [3.63, 3.8) is 0 Å². The number of imidazole rings is 2. The van der Waals surface area contributed by atoms with Crippen LogP contribution in [0.1, 0.15) is 40.5 Å². The number of hydrogen-bond acceptors (Lipinski definition) is 6. The number of benzene rings is 1. The minimum atomic E-state index is -0.386. The van der Waals surface area contributed by atoms with Gasteiger partial charge in [-0.2, -0.15) is 0 Å². The third-order valence-electron chi connectivity index (χ3n) is 5.30. The maximum absolute atomic E-state index is 12.7. The zero-order valence-corrected chi connectivity index (χ0v) is 17.3. The molecule has 4 aromatic rings. The number of hydrogen-bond donors (Lipinski definition) is 4. The SMILES string of the molecule is CC(Oc1cncc(C(=O)Nc2nc3c(C(=O)Nc4ncc[nH]4)cccc3[nH]2)c1)C1CC1. The van der Waals surface area contributed by atoms with E-state index >= 15 is 0 Å². The highest BCUT2D eigenvalue weighted by atomic mass is 16.5. The lowest BCUT2D eigenvalue weighted by atomic mass is 10.2. The third-order valence-corrected chi connectivity index (χ3v) is 5.30. The van der Waals surface area contributed by atoms with Gasteiger partial charge >= 0.3 is 0 Å². The Kier molecular flexibility index (Phi) is 5.02. The van der Waals surface area contributed by atoms with E-state index in [0.29, 0.717) is 39.8 Å². The van der Waals surface area contributed by atoms with Crippen LogP contribution in [0.15, 0.2) is 49.1 Å². The van der Waals surface area contributed by atoms with E-state index in [1.165, 1.54) is 19.0 Å². The van der Waals surface area contributed by atoms with Gasteiger partial charge in [0, 0.05) is 18.6 Å². The van der Waals surface area contributed by atoms with E-state index in [0.717, 1.165) is 0 Å². The van der Waals surface area contributed by atoms with Gasteiger partial charge in [0.15, 0.2) is 0 Å². The molecule has 1 aliphatic rings. The molecule has 1 fully saturated rings. The Morgan fingerprint density at radius 3 is 2.78 bits per heavy atom. The first-order valence-electron chi connectivity index (χ1n) is 10.3. The second-order valence-corrected chi connectivity index (χ2v) is 7.70. The number of para-hydroxylation sites is 1. The number of ether oxygens (including phenoxy) is 1. The van der Waals surface area contributed by atoms with Crippen molar-refractivity contribution in [2.24, 2.45) is 5.92 Å². The van der Waals surface area contributed by atoms with Crippen LogP contribution in [0.25, 0.3) is 11.0 Å². The van der Waals surface area contributed by atoms with Gasteiger partial charge in [0.1, 0.15) is 11.3 Å². The minimum absolute atomic E-state index is 0.0937. The number of carbonyl (C=O) groups is 2. The summed E-state index contributed by atoms with van der Waals surface area (Å²) in [6.45, 7) is 2.03. The van der Waals surface area contributed by atoms with Crippen molar-refractivity contribution >= 4 is 34.7 Å². The molecule has 10 nitrogen and oxygen atoms in total. The van der Waals surface area contributed by atoms with E-state index in [-0.39, 0.29) is 23.9 Å². The first kappa shape index (κ1) is 19.7. The molecule has 1 aliphatic carbocycles. The monoisotopic (exact) mass is 431 g/mol. The molecule has 0 aliphatic heterocycles. The average molecular weight is 431 g/mol. The number of H-pyrrole nitrogens is 2. The quantitative estimate of drug-likeness (QED) is 0.354. The lowest BCUT2D eigenvalue weighted by Crippen LogP contribution is -2.16. The second-order valence-electron chi connectivity index (χ2n) is 7.70. The zero-order valence-electron chi connectivity index (χ0n) is 17.3. The topological polar surface area (TPSA) is 138 Å². The predicted molar refractivity (Wildman–Crippen MR) is 118 cm³/mol. The van der Waals surface area contributed by atoms with Crippen LogP contribution in [0.4, 0.5) is 11.9 Å². The smallest absolute Gasteiger partial charge is 0.260 e. The highest BCUT2D eigenvalue weighted by Gasteiger charge is 2.29. The molecule has 0 radical (unpaired) electrons. The highest BCUT2D eigenvalue weighted by molar-refractivity contribution is 6.11. The summed E-state index contributed by atoms with van der Waals surface area (Å²) in [4.78, 5) is 43.7. The van der Waals surface area contributed by atoms with E-state index in [9.17, 15) is 9.59 Å². The molecule has 4 N–H and O–H groups in total. The van der Waals surface area contributed by atoms with Crippen LogP contribution in [0.5, 0.6) is 5.75 Å². The fraction of sp³-hybridized carbons (Fsp3) is 0.227. The summed E-state index contributed by atoms with van der Waals surface area (Å²) >= 11 is 0. The summed E-state index contributed by atoms with van der Waals surface area (Å²) in [6, 6.07) is 6.82. The second kappa shape index (κ2) is 8.14. The standard InChI is InChI=1S/C22H21N7O3/c1-12(13-5-6-13)32-15-9-14(10-23-11-15)19(30)28-22-26-17-4-2-3-16(18(17)27-22)20(31)29-21-24-7-8-25-21/h2-4,7-13H,5-6H2,1H3,(H2,24,25,29,31)(H2,26,27,28,30). The molecule has 0 spiro atoms. The van der Waals surface area contributed by atoms with Gasteiger partial charge in [0.2, 0.25) is 11.9 Å². The summed E-state index contributed by atoms with van der Waals surface area (Å²) in [5.41, 5.74) is 1.74. The van der Waals surface area contributed by atoms with Crippen LogP contribution in [0.2, 0.25) is 0 Å². The molecule has 1 saturated carbocycles. The van der Waals surface area contributed by atoms with E-state index < -0.39 is 0 Å². The normalized spacial score (nSPS) is 14.2. The number of amides is 2. The molecule has 32 heavy (non-hydrogen) atoms. The van der Waals surface area contributed by atoms with Gasteiger partial charge in [-0.25, -0.2) is 9.97 Å². The molecule has 10 heteroatoms. The molecule has 1 aromatic carbocycles. The Hall–Kier alpha value is -4.21. The maximum atomic E-state index is 12.7. The van der Waals surface area contributed by atoms with E-state index in [1.54, 1.807) is 42.9 Å². The van der Waals surface area contributed by atoms with Crippen LogP contribution >= 0.6 is 0 Å². The minimum Gasteiger partial charge on any atom is -0.489 e. The maximum Gasteiger partial charge on any atom is 0.260 e. The van der Waals surface area contributed by atoms with Crippen molar-refractivity contribution in [1.29, 1.82) is 0 Å². The number of fused-ring (bicyclic) bond motifs is 1. The first-order valence-corrected chi connectivity index (χ1v) is 10.3. The van der Waals surface area contributed by atoms with Crippen molar-refractivity contribution in [2.45, 2.75) is 25.9 Å². The fourth-order valence-corrected chi connectivity index (χ4v) is 3.45. The number of aromatic nitrogens is 5. The van der Waals surface area contributed by atoms with Gasteiger partial charge < -0.3 is 14.7 Å². The number of aromatic amines is 2. The lowest BCUT2D eigenvalue weighted by Gasteiger charge is -2.13. The lowest BCUT2D eigenvalue weighted by molar-refractivity contribution is 0.101. The van der Waals surface area contributed by atoms with Crippen molar-refractivity contribution < 1.29 is 14.3 Å². The van der Waals surface area contributed by atoms with Crippen LogP contribution < -0.4 is 15.4 Å².